The van der Waals surface area contributed by atoms with E-state index in [1.54, 1.807) is 6.33 Å². The SMILES string of the molecule is CCCCNc1cc(NC(C)CC)ncn1. The Morgan fingerprint density at radius 3 is 2.69 bits per heavy atom. The van der Waals surface area contributed by atoms with E-state index in [1.807, 2.05) is 6.07 Å². The van der Waals surface area contributed by atoms with Gasteiger partial charge in [0.1, 0.15) is 18.0 Å². The van der Waals surface area contributed by atoms with Gasteiger partial charge in [-0.05, 0) is 19.8 Å². The molecule has 0 bridgehead atoms. The number of unbranched alkanes of at least 4 members (excludes halogenated alkanes) is 1. The molecule has 0 saturated carbocycles. The van der Waals surface area contributed by atoms with E-state index < -0.39 is 0 Å². The van der Waals surface area contributed by atoms with E-state index in [2.05, 4.69) is 41.4 Å². The number of anilines is 2. The molecule has 90 valence electrons. The average Bonchev–Trinajstić information content (AvgIpc) is 2.30. The molecule has 4 heteroatoms. The summed E-state index contributed by atoms with van der Waals surface area (Å²) in [5.41, 5.74) is 0. The first kappa shape index (κ1) is 12.7. The third kappa shape index (κ3) is 4.47. The summed E-state index contributed by atoms with van der Waals surface area (Å²) in [7, 11) is 0. The Morgan fingerprint density at radius 2 is 2.00 bits per heavy atom. The second kappa shape index (κ2) is 7.04. The zero-order valence-corrected chi connectivity index (χ0v) is 10.5. The maximum Gasteiger partial charge on any atom is 0.131 e. The Bertz CT molecular complexity index is 301. The first-order chi connectivity index (χ1) is 7.76. The molecule has 1 unspecified atom stereocenters. The smallest absolute Gasteiger partial charge is 0.131 e. The Hall–Kier alpha value is -1.32. The van der Waals surface area contributed by atoms with Crippen molar-refractivity contribution in [3.05, 3.63) is 12.4 Å². The molecule has 0 aliphatic rings. The van der Waals surface area contributed by atoms with Crippen LogP contribution in [0.2, 0.25) is 0 Å². The van der Waals surface area contributed by atoms with Gasteiger partial charge in [0, 0.05) is 18.7 Å². The molecule has 4 nitrogen and oxygen atoms in total. The summed E-state index contributed by atoms with van der Waals surface area (Å²) in [5.74, 6) is 1.79. The zero-order chi connectivity index (χ0) is 11.8. The molecule has 0 fully saturated rings. The van der Waals surface area contributed by atoms with Crippen molar-refractivity contribution in [3.8, 4) is 0 Å². The van der Waals surface area contributed by atoms with Crippen LogP contribution in [0.3, 0.4) is 0 Å². The number of rotatable bonds is 7. The van der Waals surface area contributed by atoms with Crippen molar-refractivity contribution >= 4 is 11.6 Å². The van der Waals surface area contributed by atoms with E-state index in [0.29, 0.717) is 6.04 Å². The minimum absolute atomic E-state index is 0.443. The molecule has 0 aromatic carbocycles. The average molecular weight is 222 g/mol. The van der Waals surface area contributed by atoms with Gasteiger partial charge in [0.05, 0.1) is 0 Å². The summed E-state index contributed by atoms with van der Waals surface area (Å²) in [4.78, 5) is 8.38. The summed E-state index contributed by atoms with van der Waals surface area (Å²) >= 11 is 0. The van der Waals surface area contributed by atoms with Gasteiger partial charge in [-0.2, -0.15) is 0 Å². The fourth-order valence-electron chi connectivity index (χ4n) is 1.28. The molecule has 0 saturated heterocycles. The normalized spacial score (nSPS) is 12.2. The standard InChI is InChI=1S/C12H22N4/c1-4-6-7-13-11-8-12(15-9-14-11)16-10(3)5-2/h8-10H,4-7H2,1-3H3,(H2,13,14,15,16). The maximum atomic E-state index is 4.19. The van der Waals surface area contributed by atoms with Gasteiger partial charge in [0.2, 0.25) is 0 Å². The van der Waals surface area contributed by atoms with Gasteiger partial charge in [-0.1, -0.05) is 20.3 Å². The monoisotopic (exact) mass is 222 g/mol. The molecule has 0 aliphatic carbocycles. The Kier molecular flexibility index (Phi) is 5.61. The van der Waals surface area contributed by atoms with Crippen LogP contribution < -0.4 is 10.6 Å². The predicted octanol–water partition coefficient (Wildman–Crippen LogP) is 2.90. The van der Waals surface area contributed by atoms with E-state index >= 15 is 0 Å². The van der Waals surface area contributed by atoms with Gasteiger partial charge in [0.25, 0.3) is 0 Å². The number of hydrogen-bond donors (Lipinski definition) is 2. The van der Waals surface area contributed by atoms with Crippen LogP contribution in [0.15, 0.2) is 12.4 Å². The molecule has 1 rings (SSSR count). The minimum Gasteiger partial charge on any atom is -0.370 e. The van der Waals surface area contributed by atoms with Crippen LogP contribution in [0, 0.1) is 0 Å². The molecule has 1 aromatic rings. The largest absolute Gasteiger partial charge is 0.370 e. The molecule has 1 atom stereocenters. The summed E-state index contributed by atoms with van der Waals surface area (Å²) in [5, 5.41) is 6.62. The van der Waals surface area contributed by atoms with Crippen LogP contribution in [0.25, 0.3) is 0 Å². The molecule has 0 aliphatic heterocycles. The molecule has 0 spiro atoms. The van der Waals surface area contributed by atoms with E-state index in [1.165, 1.54) is 6.42 Å². The third-order valence-corrected chi connectivity index (χ3v) is 2.51. The first-order valence-electron chi connectivity index (χ1n) is 6.08. The maximum absolute atomic E-state index is 4.19. The van der Waals surface area contributed by atoms with Gasteiger partial charge in [0.15, 0.2) is 0 Å². The molecule has 0 amide bonds. The highest BCUT2D eigenvalue weighted by Gasteiger charge is 2.01. The van der Waals surface area contributed by atoms with Crippen molar-refractivity contribution in [1.82, 2.24) is 9.97 Å². The quantitative estimate of drug-likeness (QED) is 0.696. The molecule has 1 aromatic heterocycles. The first-order valence-corrected chi connectivity index (χ1v) is 6.08. The topological polar surface area (TPSA) is 49.8 Å². The number of nitrogens with zero attached hydrogens (tertiary/aromatic N) is 2. The van der Waals surface area contributed by atoms with Gasteiger partial charge in [-0.3, -0.25) is 0 Å². The van der Waals surface area contributed by atoms with E-state index in [0.717, 1.165) is 31.0 Å². The van der Waals surface area contributed by atoms with Crippen LogP contribution in [-0.4, -0.2) is 22.6 Å². The summed E-state index contributed by atoms with van der Waals surface area (Å²) in [6, 6.07) is 2.40. The fourth-order valence-corrected chi connectivity index (χ4v) is 1.28. The second-order valence-electron chi connectivity index (χ2n) is 4.02. The van der Waals surface area contributed by atoms with Crippen LogP contribution >= 0.6 is 0 Å². The minimum atomic E-state index is 0.443. The van der Waals surface area contributed by atoms with E-state index in [4.69, 9.17) is 0 Å². The van der Waals surface area contributed by atoms with Crippen LogP contribution in [0.4, 0.5) is 11.6 Å². The van der Waals surface area contributed by atoms with Crippen molar-refractivity contribution < 1.29 is 0 Å². The lowest BCUT2D eigenvalue weighted by atomic mass is 10.2. The van der Waals surface area contributed by atoms with Crippen LogP contribution in [-0.2, 0) is 0 Å². The van der Waals surface area contributed by atoms with E-state index in [9.17, 15) is 0 Å². The van der Waals surface area contributed by atoms with Crippen LogP contribution in [0.5, 0.6) is 0 Å². The molecule has 2 N–H and O–H groups in total. The molecule has 0 radical (unpaired) electrons. The molecule has 16 heavy (non-hydrogen) atoms. The number of aromatic nitrogens is 2. The second-order valence-corrected chi connectivity index (χ2v) is 4.02. The van der Waals surface area contributed by atoms with Gasteiger partial charge >= 0.3 is 0 Å². The highest BCUT2D eigenvalue weighted by molar-refractivity contribution is 5.46. The molecular formula is C12H22N4. The molecule has 1 heterocycles. The highest BCUT2D eigenvalue weighted by Crippen LogP contribution is 2.10. The zero-order valence-electron chi connectivity index (χ0n) is 10.5. The van der Waals surface area contributed by atoms with Crippen molar-refractivity contribution in [2.45, 2.75) is 46.1 Å². The highest BCUT2D eigenvalue weighted by atomic mass is 15.1. The summed E-state index contributed by atoms with van der Waals surface area (Å²) < 4.78 is 0. The van der Waals surface area contributed by atoms with Gasteiger partial charge in [-0.15, -0.1) is 0 Å². The third-order valence-electron chi connectivity index (χ3n) is 2.51. The van der Waals surface area contributed by atoms with Gasteiger partial charge in [-0.25, -0.2) is 9.97 Å². The molecular weight excluding hydrogens is 200 g/mol. The van der Waals surface area contributed by atoms with E-state index in [-0.39, 0.29) is 0 Å². The van der Waals surface area contributed by atoms with Gasteiger partial charge < -0.3 is 10.6 Å². The number of hydrogen-bond acceptors (Lipinski definition) is 4. The predicted molar refractivity (Wildman–Crippen MR) is 68.8 cm³/mol. The summed E-state index contributed by atoms with van der Waals surface area (Å²) in [6.07, 6.45) is 5.04. The lowest BCUT2D eigenvalue weighted by Crippen LogP contribution is -2.15. The Balaban J connectivity index is 2.50. The van der Waals surface area contributed by atoms with Crippen molar-refractivity contribution in [1.29, 1.82) is 0 Å². The lowest BCUT2D eigenvalue weighted by molar-refractivity contribution is 0.758. The van der Waals surface area contributed by atoms with Crippen molar-refractivity contribution in [3.63, 3.8) is 0 Å². The fraction of sp³-hybridized carbons (Fsp3) is 0.667. The van der Waals surface area contributed by atoms with Crippen molar-refractivity contribution in [2.75, 3.05) is 17.2 Å². The Labute approximate surface area is 97.9 Å². The lowest BCUT2D eigenvalue weighted by Gasteiger charge is -2.12. The van der Waals surface area contributed by atoms with Crippen molar-refractivity contribution in [2.24, 2.45) is 0 Å². The van der Waals surface area contributed by atoms with Crippen LogP contribution in [0.1, 0.15) is 40.0 Å². The Morgan fingerprint density at radius 1 is 1.25 bits per heavy atom. The number of nitrogens with one attached hydrogen (secondary N) is 2. The summed E-state index contributed by atoms with van der Waals surface area (Å²) in [6.45, 7) is 7.44.